The minimum atomic E-state index is 0.318. The van der Waals surface area contributed by atoms with E-state index in [-0.39, 0.29) is 0 Å². The van der Waals surface area contributed by atoms with Crippen LogP contribution in [0.4, 0.5) is 0 Å². The molecule has 5 heteroatoms. The van der Waals surface area contributed by atoms with Gasteiger partial charge in [0, 0.05) is 61.3 Å². The largest absolute Gasteiger partial charge is 0.342 e. The van der Waals surface area contributed by atoms with Crippen LogP contribution < -0.4 is 0 Å². The maximum atomic E-state index is 12.2. The number of carbonyl (C=O) groups is 1. The van der Waals surface area contributed by atoms with Crippen LogP contribution in [0.25, 0.3) is 11.4 Å². The van der Waals surface area contributed by atoms with Crippen molar-refractivity contribution in [1.29, 1.82) is 0 Å². The third kappa shape index (κ3) is 2.64. The summed E-state index contributed by atoms with van der Waals surface area (Å²) < 4.78 is 2.27. The van der Waals surface area contributed by atoms with Crippen LogP contribution in [-0.4, -0.2) is 38.4 Å². The van der Waals surface area contributed by atoms with Gasteiger partial charge in [-0.25, -0.2) is 4.98 Å². The number of aromatic nitrogens is 3. The first-order valence-corrected chi connectivity index (χ1v) is 8.43. The van der Waals surface area contributed by atoms with E-state index < -0.39 is 0 Å². The molecule has 0 radical (unpaired) electrons. The molecule has 0 atom stereocenters. The summed E-state index contributed by atoms with van der Waals surface area (Å²) in [5.41, 5.74) is 2.26. The lowest BCUT2D eigenvalue weighted by molar-refractivity contribution is -0.145. The zero-order valence-corrected chi connectivity index (χ0v) is 13.5. The number of carbonyl (C=O) groups excluding carboxylic acids is 1. The lowest BCUT2D eigenvalue weighted by atomic mass is 9.83. The molecule has 3 heterocycles. The Hall–Kier alpha value is -2.17. The second kappa shape index (κ2) is 5.80. The lowest BCUT2D eigenvalue weighted by Gasteiger charge is -2.43. The molecule has 2 aliphatic rings. The van der Waals surface area contributed by atoms with Gasteiger partial charge in [0.2, 0.25) is 5.91 Å². The van der Waals surface area contributed by atoms with Gasteiger partial charge in [-0.05, 0) is 31.9 Å². The number of imidazole rings is 1. The molecule has 1 saturated heterocycles. The van der Waals surface area contributed by atoms with Gasteiger partial charge in [0.1, 0.15) is 5.82 Å². The number of amides is 1. The van der Waals surface area contributed by atoms with Crippen molar-refractivity contribution in [2.75, 3.05) is 13.1 Å². The third-order valence-electron chi connectivity index (χ3n) is 5.16. The minimum absolute atomic E-state index is 0.318. The molecule has 1 aliphatic carbocycles. The predicted octanol–water partition coefficient (Wildman–Crippen LogP) is 2.51. The van der Waals surface area contributed by atoms with Crippen LogP contribution in [-0.2, 0) is 11.3 Å². The van der Waals surface area contributed by atoms with E-state index in [4.69, 9.17) is 0 Å². The van der Waals surface area contributed by atoms with Crippen molar-refractivity contribution in [3.05, 3.63) is 36.4 Å². The van der Waals surface area contributed by atoms with Crippen LogP contribution in [0.15, 0.2) is 30.7 Å². The van der Waals surface area contributed by atoms with Gasteiger partial charge in [0.15, 0.2) is 0 Å². The first-order valence-electron chi connectivity index (χ1n) is 8.43. The molecule has 1 amide bonds. The van der Waals surface area contributed by atoms with Crippen molar-refractivity contribution in [3.8, 4) is 11.4 Å². The molecule has 1 aliphatic heterocycles. The number of likely N-dealkylation sites (tertiary alicyclic amines) is 1. The summed E-state index contributed by atoms with van der Waals surface area (Å²) in [5, 5.41) is 0. The topological polar surface area (TPSA) is 51.0 Å². The average molecular weight is 310 g/mol. The van der Waals surface area contributed by atoms with Crippen molar-refractivity contribution in [2.24, 2.45) is 11.8 Å². The Balaban J connectivity index is 1.42. The Morgan fingerprint density at radius 2 is 2.00 bits per heavy atom. The predicted molar refractivity (Wildman–Crippen MR) is 87.6 cm³/mol. The molecule has 0 aromatic carbocycles. The zero-order chi connectivity index (χ0) is 15.8. The first-order chi connectivity index (χ1) is 11.2. The van der Waals surface area contributed by atoms with Crippen molar-refractivity contribution in [1.82, 2.24) is 19.4 Å². The van der Waals surface area contributed by atoms with E-state index in [0.717, 1.165) is 43.9 Å². The summed E-state index contributed by atoms with van der Waals surface area (Å²) in [6.07, 6.45) is 8.92. The Bertz CT molecular complexity index is 699. The van der Waals surface area contributed by atoms with E-state index in [9.17, 15) is 4.79 Å². The van der Waals surface area contributed by atoms with Gasteiger partial charge in [0.25, 0.3) is 0 Å². The molecular weight excluding hydrogens is 288 g/mol. The second-order valence-corrected chi connectivity index (χ2v) is 6.81. The van der Waals surface area contributed by atoms with Gasteiger partial charge in [0.05, 0.1) is 0 Å². The molecule has 0 bridgehead atoms. The van der Waals surface area contributed by atoms with E-state index in [2.05, 4.69) is 21.5 Å². The van der Waals surface area contributed by atoms with Crippen molar-refractivity contribution < 1.29 is 4.79 Å². The quantitative estimate of drug-likeness (QED) is 0.872. The molecule has 2 fully saturated rings. The first kappa shape index (κ1) is 14.4. The fourth-order valence-corrected chi connectivity index (χ4v) is 3.46. The maximum absolute atomic E-state index is 12.2. The van der Waals surface area contributed by atoms with Gasteiger partial charge in [-0.1, -0.05) is 6.42 Å². The van der Waals surface area contributed by atoms with Gasteiger partial charge in [-0.2, -0.15) is 0 Å². The van der Waals surface area contributed by atoms with E-state index in [0.29, 0.717) is 17.7 Å². The molecule has 4 rings (SSSR count). The number of hydrogen-bond acceptors (Lipinski definition) is 3. The third-order valence-corrected chi connectivity index (χ3v) is 5.16. The van der Waals surface area contributed by atoms with Crippen molar-refractivity contribution in [3.63, 3.8) is 0 Å². The van der Waals surface area contributed by atoms with Gasteiger partial charge < -0.3 is 9.47 Å². The molecule has 0 spiro atoms. The molecule has 0 N–H and O–H groups in total. The summed E-state index contributed by atoms with van der Waals surface area (Å²) in [5.74, 6) is 2.23. The summed E-state index contributed by atoms with van der Waals surface area (Å²) >= 11 is 0. The summed E-state index contributed by atoms with van der Waals surface area (Å²) in [7, 11) is 0. The normalized spacial score (nSPS) is 18.6. The fraction of sp³-hybridized carbons (Fsp3) is 0.500. The molecule has 120 valence electrons. The number of aryl methyl sites for hydroxylation is 1. The Kier molecular flexibility index (Phi) is 3.63. The van der Waals surface area contributed by atoms with Gasteiger partial charge in [-0.15, -0.1) is 0 Å². The molecular formula is C18H22N4O. The Morgan fingerprint density at radius 3 is 2.65 bits per heavy atom. The van der Waals surface area contributed by atoms with E-state index in [1.54, 1.807) is 12.4 Å². The molecule has 23 heavy (non-hydrogen) atoms. The smallest absolute Gasteiger partial charge is 0.225 e. The summed E-state index contributed by atoms with van der Waals surface area (Å²) in [6, 6.07) is 3.98. The van der Waals surface area contributed by atoms with Crippen molar-refractivity contribution >= 4 is 5.91 Å². The fourth-order valence-electron chi connectivity index (χ4n) is 3.46. The summed E-state index contributed by atoms with van der Waals surface area (Å²) in [4.78, 5) is 22.9. The van der Waals surface area contributed by atoms with Gasteiger partial charge >= 0.3 is 0 Å². The number of pyridine rings is 1. The molecule has 2 aromatic rings. The molecule has 2 aromatic heterocycles. The lowest BCUT2D eigenvalue weighted by Crippen LogP contribution is -2.54. The SMILES string of the molecule is Cc1cnc(-c2ccncc2)n1CC1CN(C(=O)C2CCC2)C1. The van der Waals surface area contributed by atoms with Crippen molar-refractivity contribution in [2.45, 2.75) is 32.7 Å². The van der Waals surface area contributed by atoms with E-state index in [1.807, 2.05) is 23.2 Å². The highest BCUT2D eigenvalue weighted by atomic mass is 16.2. The zero-order valence-electron chi connectivity index (χ0n) is 13.5. The minimum Gasteiger partial charge on any atom is -0.342 e. The Labute approximate surface area is 136 Å². The number of hydrogen-bond donors (Lipinski definition) is 0. The highest BCUT2D eigenvalue weighted by Gasteiger charge is 2.36. The molecule has 1 saturated carbocycles. The second-order valence-electron chi connectivity index (χ2n) is 6.81. The van der Waals surface area contributed by atoms with Crippen LogP contribution in [0.2, 0.25) is 0 Å². The van der Waals surface area contributed by atoms with Crippen LogP contribution in [0, 0.1) is 18.8 Å². The van der Waals surface area contributed by atoms with Crippen LogP contribution in [0.1, 0.15) is 25.0 Å². The monoisotopic (exact) mass is 310 g/mol. The Morgan fingerprint density at radius 1 is 1.26 bits per heavy atom. The van der Waals surface area contributed by atoms with Crippen LogP contribution >= 0.6 is 0 Å². The van der Waals surface area contributed by atoms with Crippen LogP contribution in [0.3, 0.4) is 0 Å². The van der Waals surface area contributed by atoms with Crippen LogP contribution in [0.5, 0.6) is 0 Å². The highest BCUT2D eigenvalue weighted by Crippen LogP contribution is 2.31. The maximum Gasteiger partial charge on any atom is 0.225 e. The molecule has 5 nitrogen and oxygen atoms in total. The van der Waals surface area contributed by atoms with E-state index >= 15 is 0 Å². The molecule has 0 unspecified atom stereocenters. The van der Waals surface area contributed by atoms with E-state index in [1.165, 1.54) is 12.1 Å². The number of nitrogens with zero attached hydrogens (tertiary/aromatic N) is 4. The standard InChI is InChI=1S/C18H22N4O/c1-13-9-20-17(15-5-7-19-8-6-15)22(13)12-14-10-21(11-14)18(23)16-3-2-4-16/h5-9,14,16H,2-4,10-12H2,1H3. The highest BCUT2D eigenvalue weighted by molar-refractivity contribution is 5.80. The summed E-state index contributed by atoms with van der Waals surface area (Å²) in [6.45, 7) is 4.80. The average Bonchev–Trinajstić information content (AvgIpc) is 2.82. The number of rotatable bonds is 4. The van der Waals surface area contributed by atoms with Gasteiger partial charge in [-0.3, -0.25) is 9.78 Å².